The predicted octanol–water partition coefficient (Wildman–Crippen LogP) is -0.906. The van der Waals surface area contributed by atoms with E-state index in [9.17, 15) is 14.4 Å². The summed E-state index contributed by atoms with van der Waals surface area (Å²) >= 11 is 0. The summed E-state index contributed by atoms with van der Waals surface area (Å²) in [6, 6.07) is 0. The zero-order valence-electron chi connectivity index (χ0n) is 11.3. The van der Waals surface area contributed by atoms with Crippen LogP contribution in [0.15, 0.2) is 0 Å². The third kappa shape index (κ3) is 7.02. The fraction of sp³-hybridized carbons (Fsp3) is 0.727. The van der Waals surface area contributed by atoms with E-state index in [1.807, 2.05) is 0 Å². The number of nitrogens with one attached hydrogen (secondary N) is 1. The van der Waals surface area contributed by atoms with Gasteiger partial charge in [-0.3, -0.25) is 14.9 Å². The maximum Gasteiger partial charge on any atom is 0.336 e. The van der Waals surface area contributed by atoms with Crippen molar-refractivity contribution in [1.82, 2.24) is 5.32 Å². The normalized spacial score (nSPS) is 16.9. The van der Waals surface area contributed by atoms with Crippen molar-refractivity contribution >= 4 is 17.9 Å². The van der Waals surface area contributed by atoms with Gasteiger partial charge in [-0.1, -0.05) is 0 Å². The average molecular weight is 293 g/mol. The molecule has 0 amide bonds. The molecule has 9 heteroatoms. The van der Waals surface area contributed by atoms with Gasteiger partial charge in [0, 0.05) is 5.54 Å². The fourth-order valence-corrected chi connectivity index (χ4v) is 1.32. The number of rotatable bonds is 5. The Morgan fingerprint density at radius 3 is 1.75 bits per heavy atom. The van der Waals surface area contributed by atoms with Crippen LogP contribution in [0.25, 0.3) is 0 Å². The Morgan fingerprint density at radius 1 is 1.15 bits per heavy atom. The predicted molar refractivity (Wildman–Crippen MR) is 65.1 cm³/mol. The minimum atomic E-state index is -2.74. The Labute approximate surface area is 115 Å². The van der Waals surface area contributed by atoms with Crippen molar-refractivity contribution in [3.05, 3.63) is 0 Å². The molecular formula is C11H19NO8. The van der Waals surface area contributed by atoms with Gasteiger partial charge in [0.15, 0.2) is 5.60 Å². The number of hydrogen-bond donors (Lipinski definition) is 5. The van der Waals surface area contributed by atoms with Gasteiger partial charge in [0.2, 0.25) is 0 Å². The number of ether oxygens (including phenoxy) is 1. The molecule has 0 saturated carbocycles. The summed E-state index contributed by atoms with van der Waals surface area (Å²) in [5.41, 5.74) is -2.52. The van der Waals surface area contributed by atoms with E-state index in [0.717, 1.165) is 6.61 Å². The molecule has 116 valence electrons. The van der Waals surface area contributed by atoms with E-state index in [2.05, 4.69) is 19.2 Å². The van der Waals surface area contributed by atoms with Crippen LogP contribution in [0.4, 0.5) is 0 Å². The molecule has 1 rings (SSSR count). The second kappa shape index (κ2) is 7.17. The summed E-state index contributed by atoms with van der Waals surface area (Å²) < 4.78 is 5.05. The van der Waals surface area contributed by atoms with Crippen LogP contribution in [0.1, 0.15) is 26.7 Å². The highest BCUT2D eigenvalue weighted by atomic mass is 16.5. The van der Waals surface area contributed by atoms with Crippen LogP contribution in [0, 0.1) is 0 Å². The van der Waals surface area contributed by atoms with E-state index in [-0.39, 0.29) is 5.54 Å². The molecule has 0 radical (unpaired) electrons. The first kappa shape index (κ1) is 18.3. The highest BCUT2D eigenvalue weighted by molar-refractivity contribution is 5.88. The van der Waals surface area contributed by atoms with Gasteiger partial charge in [-0.15, -0.1) is 0 Å². The Balaban J connectivity index is 0.000000428. The third-order valence-corrected chi connectivity index (χ3v) is 2.40. The Kier molecular flexibility index (Phi) is 6.56. The van der Waals surface area contributed by atoms with Crippen LogP contribution in [0.5, 0.6) is 0 Å². The van der Waals surface area contributed by atoms with Crippen molar-refractivity contribution in [2.45, 2.75) is 37.8 Å². The van der Waals surface area contributed by atoms with Gasteiger partial charge in [0.05, 0.1) is 26.2 Å². The number of aliphatic hydroxyl groups is 1. The first-order valence-corrected chi connectivity index (χ1v) is 5.71. The zero-order chi connectivity index (χ0) is 16.0. The van der Waals surface area contributed by atoms with Crippen LogP contribution in [0.2, 0.25) is 0 Å². The molecule has 5 N–H and O–H groups in total. The van der Waals surface area contributed by atoms with Gasteiger partial charge >= 0.3 is 17.9 Å². The minimum absolute atomic E-state index is 0.222. The fourth-order valence-electron chi connectivity index (χ4n) is 1.32. The summed E-state index contributed by atoms with van der Waals surface area (Å²) in [5.74, 6) is -5.02. The second-order valence-corrected chi connectivity index (χ2v) is 5.03. The van der Waals surface area contributed by atoms with Crippen molar-refractivity contribution in [1.29, 1.82) is 0 Å². The lowest BCUT2D eigenvalue weighted by Gasteiger charge is -2.18. The monoisotopic (exact) mass is 293 g/mol. The molecule has 1 heterocycles. The summed E-state index contributed by atoms with van der Waals surface area (Å²) in [6.45, 7) is 5.81. The van der Waals surface area contributed by atoms with E-state index < -0.39 is 36.4 Å². The largest absolute Gasteiger partial charge is 0.481 e. The van der Waals surface area contributed by atoms with Gasteiger partial charge in [0.25, 0.3) is 0 Å². The van der Waals surface area contributed by atoms with Gasteiger partial charge in [-0.25, -0.2) is 4.79 Å². The molecule has 20 heavy (non-hydrogen) atoms. The van der Waals surface area contributed by atoms with E-state index in [4.69, 9.17) is 25.2 Å². The molecule has 1 saturated heterocycles. The molecule has 0 aromatic carbocycles. The standard InChI is InChI=1S/C6H8O7.C5H11NO/c7-3(8)1-6(13,5(11)12)2-4(9)10;1-5(2)3-7-4-6-5/h13H,1-2H2,(H,7,8)(H,9,10)(H,11,12);6H,3-4H2,1-2H3. The maximum absolute atomic E-state index is 10.3. The molecule has 1 fully saturated rings. The summed E-state index contributed by atoms with van der Waals surface area (Å²) in [4.78, 5) is 30.5. The molecule has 1 aliphatic heterocycles. The Bertz CT molecular complexity index is 355. The summed E-state index contributed by atoms with van der Waals surface area (Å²) in [6.07, 6.45) is -2.29. The lowest BCUT2D eigenvalue weighted by molar-refractivity contribution is -0.170. The van der Waals surface area contributed by atoms with Gasteiger partial charge in [-0.05, 0) is 13.8 Å². The quantitative estimate of drug-likeness (QED) is 0.433. The van der Waals surface area contributed by atoms with Crippen LogP contribution in [-0.2, 0) is 19.1 Å². The number of aliphatic carboxylic acids is 3. The molecule has 0 spiro atoms. The summed E-state index contributed by atoms with van der Waals surface area (Å²) in [5, 5.41) is 37.0. The Hall–Kier alpha value is -1.71. The SMILES string of the molecule is CC1(C)COCN1.O=C(O)CC(O)(CC(=O)O)C(=O)O. The zero-order valence-corrected chi connectivity index (χ0v) is 11.3. The van der Waals surface area contributed by atoms with E-state index in [1.165, 1.54) is 0 Å². The van der Waals surface area contributed by atoms with Gasteiger partial charge in [0.1, 0.15) is 0 Å². The summed E-state index contributed by atoms with van der Waals surface area (Å²) in [7, 11) is 0. The first-order valence-electron chi connectivity index (χ1n) is 5.71. The van der Waals surface area contributed by atoms with Gasteiger partial charge < -0.3 is 25.2 Å². The smallest absolute Gasteiger partial charge is 0.336 e. The maximum atomic E-state index is 10.3. The van der Waals surface area contributed by atoms with Crippen LogP contribution >= 0.6 is 0 Å². The van der Waals surface area contributed by atoms with Crippen LogP contribution < -0.4 is 5.32 Å². The molecule has 9 nitrogen and oxygen atoms in total. The van der Waals surface area contributed by atoms with Gasteiger partial charge in [-0.2, -0.15) is 0 Å². The first-order chi connectivity index (χ1) is 8.98. The van der Waals surface area contributed by atoms with Crippen molar-refractivity contribution in [3.63, 3.8) is 0 Å². The van der Waals surface area contributed by atoms with Crippen molar-refractivity contribution in [2.75, 3.05) is 13.3 Å². The molecule has 0 aliphatic carbocycles. The minimum Gasteiger partial charge on any atom is -0.481 e. The molecular weight excluding hydrogens is 274 g/mol. The molecule has 0 aromatic heterocycles. The molecule has 1 aliphatic rings. The van der Waals surface area contributed by atoms with Crippen molar-refractivity contribution in [2.24, 2.45) is 0 Å². The topological polar surface area (TPSA) is 153 Å². The molecule has 0 aromatic rings. The van der Waals surface area contributed by atoms with Crippen LogP contribution in [-0.4, -0.2) is 62.8 Å². The molecule has 0 unspecified atom stereocenters. The Morgan fingerprint density at radius 2 is 1.60 bits per heavy atom. The van der Waals surface area contributed by atoms with E-state index >= 15 is 0 Å². The number of hydrogen-bond acceptors (Lipinski definition) is 6. The number of carbonyl (C=O) groups is 3. The lowest BCUT2D eigenvalue weighted by atomic mass is 9.96. The van der Waals surface area contributed by atoms with Crippen molar-refractivity contribution in [3.8, 4) is 0 Å². The highest BCUT2D eigenvalue weighted by Crippen LogP contribution is 2.15. The lowest BCUT2D eigenvalue weighted by Crippen LogP contribution is -2.42. The average Bonchev–Trinajstić information content (AvgIpc) is 2.61. The number of carboxylic acids is 3. The number of carboxylic acid groups (broad SMARTS) is 3. The molecule has 0 atom stereocenters. The van der Waals surface area contributed by atoms with Crippen molar-refractivity contribution < 1.29 is 39.5 Å². The van der Waals surface area contributed by atoms with E-state index in [0.29, 0.717) is 6.73 Å². The third-order valence-electron chi connectivity index (χ3n) is 2.40. The van der Waals surface area contributed by atoms with Crippen LogP contribution in [0.3, 0.4) is 0 Å². The van der Waals surface area contributed by atoms with E-state index in [1.54, 1.807) is 0 Å². The molecule has 0 bridgehead atoms. The second-order valence-electron chi connectivity index (χ2n) is 5.03. The highest BCUT2D eigenvalue weighted by Gasteiger charge is 2.40.